The zero-order chi connectivity index (χ0) is 30.9. The van der Waals surface area contributed by atoms with Gasteiger partial charge in [-0.3, -0.25) is 0 Å². The minimum Gasteiger partial charge on any atom is -0.494 e. The molecule has 232 valence electrons. The van der Waals surface area contributed by atoms with Crippen molar-refractivity contribution in [3.63, 3.8) is 0 Å². The second kappa shape index (κ2) is 14.4. The van der Waals surface area contributed by atoms with Crippen LogP contribution >= 0.6 is 0 Å². The number of carbonyl (C=O) groups excluding carboxylic acids is 1. The van der Waals surface area contributed by atoms with Gasteiger partial charge < -0.3 is 28.7 Å². The lowest BCUT2D eigenvalue weighted by Gasteiger charge is -2.42. The highest BCUT2D eigenvalue weighted by atomic mass is 19.1. The van der Waals surface area contributed by atoms with E-state index in [2.05, 4.69) is 23.1 Å². The second-order valence-corrected chi connectivity index (χ2v) is 11.9. The van der Waals surface area contributed by atoms with Crippen molar-refractivity contribution in [1.82, 2.24) is 4.90 Å². The largest absolute Gasteiger partial charge is 0.494 e. The van der Waals surface area contributed by atoms with Crippen LogP contribution < -0.4 is 14.4 Å². The predicted molar refractivity (Wildman–Crippen MR) is 171 cm³/mol. The van der Waals surface area contributed by atoms with Crippen LogP contribution in [0.25, 0.3) is 10.8 Å². The van der Waals surface area contributed by atoms with Crippen LogP contribution in [0, 0.1) is 5.82 Å². The molecule has 0 radical (unpaired) electrons. The quantitative estimate of drug-likeness (QED) is 0.167. The van der Waals surface area contributed by atoms with Crippen molar-refractivity contribution in [3.8, 4) is 11.5 Å². The Labute approximate surface area is 259 Å². The van der Waals surface area contributed by atoms with Crippen molar-refractivity contribution in [2.45, 2.75) is 45.4 Å². The number of benzene rings is 4. The Bertz CT molecular complexity index is 1520. The number of fused-ring (bicyclic) bond motifs is 1. The van der Waals surface area contributed by atoms with Gasteiger partial charge in [0.15, 0.2) is 0 Å². The summed E-state index contributed by atoms with van der Waals surface area (Å²) >= 11 is 0. The molecule has 5 rings (SSSR count). The molecule has 0 N–H and O–H groups in total. The summed E-state index contributed by atoms with van der Waals surface area (Å²) in [5.41, 5.74) is 1.02. The number of rotatable bonds is 11. The molecule has 1 amide bonds. The summed E-state index contributed by atoms with van der Waals surface area (Å²) in [7, 11) is 0. The van der Waals surface area contributed by atoms with E-state index in [-0.39, 0.29) is 24.6 Å². The maximum Gasteiger partial charge on any atom is 0.410 e. The molecule has 4 aromatic rings. The van der Waals surface area contributed by atoms with Crippen LogP contribution in [0.15, 0.2) is 91.0 Å². The summed E-state index contributed by atoms with van der Waals surface area (Å²) in [6, 6.07) is 28.8. The van der Waals surface area contributed by atoms with E-state index in [0.29, 0.717) is 51.4 Å². The summed E-state index contributed by atoms with van der Waals surface area (Å²) in [5.74, 6) is 1.30. The van der Waals surface area contributed by atoms with E-state index >= 15 is 0 Å². The van der Waals surface area contributed by atoms with Crippen molar-refractivity contribution >= 4 is 22.6 Å². The summed E-state index contributed by atoms with van der Waals surface area (Å²) in [6.07, 6.45) is 0.381. The molecule has 7 nitrogen and oxygen atoms in total. The fourth-order valence-corrected chi connectivity index (χ4v) is 5.16. The highest BCUT2D eigenvalue weighted by Gasteiger charge is 2.32. The number of anilines is 1. The van der Waals surface area contributed by atoms with Gasteiger partial charge in [-0.05, 0) is 74.0 Å². The number of piperazine rings is 1. The van der Waals surface area contributed by atoms with E-state index in [1.165, 1.54) is 6.07 Å². The van der Waals surface area contributed by atoms with E-state index in [9.17, 15) is 9.18 Å². The van der Waals surface area contributed by atoms with E-state index in [0.717, 1.165) is 28.0 Å². The number of ether oxygens (including phenoxy) is 4. The smallest absolute Gasteiger partial charge is 0.410 e. The lowest BCUT2D eigenvalue weighted by Crippen LogP contribution is -2.57. The van der Waals surface area contributed by atoms with Gasteiger partial charge in [0.25, 0.3) is 0 Å². The molecule has 1 heterocycles. The van der Waals surface area contributed by atoms with Crippen molar-refractivity contribution in [1.29, 1.82) is 0 Å². The van der Waals surface area contributed by atoms with Crippen molar-refractivity contribution in [2.75, 3.05) is 44.4 Å². The monoisotopic (exact) mass is 600 g/mol. The molecule has 1 atom stereocenters. The first kappa shape index (κ1) is 31.1. The molecule has 1 aliphatic heterocycles. The van der Waals surface area contributed by atoms with Crippen LogP contribution in [0.5, 0.6) is 11.5 Å². The third-order valence-corrected chi connectivity index (χ3v) is 7.38. The normalized spacial score (nSPS) is 15.3. The second-order valence-electron chi connectivity index (χ2n) is 11.9. The number of carbonyl (C=O) groups is 1. The summed E-state index contributed by atoms with van der Waals surface area (Å²) in [6.45, 7) is 8.93. The van der Waals surface area contributed by atoms with Crippen LogP contribution in [-0.2, 0) is 16.1 Å². The first-order chi connectivity index (χ1) is 21.2. The van der Waals surface area contributed by atoms with E-state index in [4.69, 9.17) is 18.9 Å². The molecule has 0 saturated carbocycles. The Balaban J connectivity index is 1.18. The molecule has 0 aliphatic carbocycles. The number of halogens is 1. The van der Waals surface area contributed by atoms with Gasteiger partial charge in [-0.15, -0.1) is 0 Å². The Kier molecular flexibility index (Phi) is 10.2. The zero-order valence-electron chi connectivity index (χ0n) is 25.7. The molecule has 4 aromatic carbocycles. The lowest BCUT2D eigenvalue weighted by molar-refractivity contribution is 0.0201. The van der Waals surface area contributed by atoms with Crippen molar-refractivity contribution in [2.24, 2.45) is 0 Å². The van der Waals surface area contributed by atoms with Crippen LogP contribution in [0.4, 0.5) is 14.9 Å². The van der Waals surface area contributed by atoms with Crippen LogP contribution in [0.2, 0.25) is 0 Å². The van der Waals surface area contributed by atoms with Crippen molar-refractivity contribution < 1.29 is 28.1 Å². The van der Waals surface area contributed by atoms with Gasteiger partial charge in [0.1, 0.15) is 29.5 Å². The number of hydrogen-bond donors (Lipinski definition) is 0. The minimum absolute atomic E-state index is 0.0823. The number of amides is 1. The first-order valence-electron chi connectivity index (χ1n) is 15.2. The Hall–Kier alpha value is -4.30. The number of hydrogen-bond acceptors (Lipinski definition) is 6. The first-order valence-corrected chi connectivity index (χ1v) is 15.2. The minimum atomic E-state index is -0.562. The predicted octanol–water partition coefficient (Wildman–Crippen LogP) is 7.47. The summed E-state index contributed by atoms with van der Waals surface area (Å²) in [5, 5.41) is 2.28. The van der Waals surface area contributed by atoms with Crippen LogP contribution in [-0.4, -0.2) is 62.1 Å². The van der Waals surface area contributed by atoms with Gasteiger partial charge in [0.2, 0.25) is 0 Å². The Morgan fingerprint density at radius 2 is 1.57 bits per heavy atom. The lowest BCUT2D eigenvalue weighted by atomic mass is 10.1. The number of nitrogens with zero attached hydrogens (tertiary/aromatic N) is 2. The topological polar surface area (TPSA) is 60.5 Å². The molecule has 0 spiro atoms. The fourth-order valence-electron chi connectivity index (χ4n) is 5.16. The van der Waals surface area contributed by atoms with Gasteiger partial charge in [-0.25, -0.2) is 9.18 Å². The molecule has 1 saturated heterocycles. The molecule has 0 bridgehead atoms. The molecule has 44 heavy (non-hydrogen) atoms. The maximum atomic E-state index is 13.7. The molecule has 1 fully saturated rings. The fraction of sp³-hybridized carbons (Fsp3) is 0.361. The van der Waals surface area contributed by atoms with Crippen LogP contribution in [0.1, 0.15) is 32.8 Å². The average molecular weight is 601 g/mol. The van der Waals surface area contributed by atoms with Gasteiger partial charge in [-0.2, -0.15) is 0 Å². The Morgan fingerprint density at radius 1 is 0.841 bits per heavy atom. The standard InChI is InChI=1S/C36H41FN2O5/c1-36(2,3)44-35(40)38-19-20-39(31(24-38)26-43-33-16-13-27-9-4-5-10-28(27)23-33)30-14-17-32(18-15-30)42-22-8-21-41-25-29-11-6-7-12-34(29)37/h4-7,9-18,23,31H,8,19-22,24-26H2,1-3H3/t31-/m1/s1. The van der Waals surface area contributed by atoms with Gasteiger partial charge in [0.05, 0.1) is 25.9 Å². The van der Waals surface area contributed by atoms with Gasteiger partial charge >= 0.3 is 6.09 Å². The third-order valence-electron chi connectivity index (χ3n) is 7.38. The zero-order valence-corrected chi connectivity index (χ0v) is 25.7. The molecule has 8 heteroatoms. The average Bonchev–Trinajstić information content (AvgIpc) is 3.02. The van der Waals surface area contributed by atoms with Gasteiger partial charge in [-0.1, -0.05) is 48.5 Å². The third kappa shape index (κ3) is 8.63. The SMILES string of the molecule is CC(C)(C)OC(=O)N1CCN(c2ccc(OCCCOCc3ccccc3F)cc2)[C@@H](COc2ccc3ccccc3c2)C1. The highest BCUT2D eigenvalue weighted by Crippen LogP contribution is 2.26. The van der Waals surface area contributed by atoms with E-state index in [1.807, 2.05) is 69.3 Å². The molecule has 0 aromatic heterocycles. The highest BCUT2D eigenvalue weighted by molar-refractivity contribution is 5.83. The van der Waals surface area contributed by atoms with Gasteiger partial charge in [0, 0.05) is 37.3 Å². The maximum absolute atomic E-state index is 13.7. The molecular weight excluding hydrogens is 559 g/mol. The summed E-state index contributed by atoms with van der Waals surface area (Å²) in [4.78, 5) is 17.0. The van der Waals surface area contributed by atoms with Crippen molar-refractivity contribution in [3.05, 3.63) is 102 Å². The van der Waals surface area contributed by atoms with E-state index in [1.54, 1.807) is 23.1 Å². The van der Waals surface area contributed by atoms with E-state index < -0.39 is 5.60 Å². The van der Waals surface area contributed by atoms with Crippen LogP contribution in [0.3, 0.4) is 0 Å². The summed E-state index contributed by atoms with van der Waals surface area (Å²) < 4.78 is 37.2. The molecular formula is C36H41FN2O5. The molecule has 0 unspecified atom stereocenters. The Morgan fingerprint density at radius 3 is 2.34 bits per heavy atom. The molecule has 1 aliphatic rings.